The molecule has 2 aromatic carbocycles. The summed E-state index contributed by atoms with van der Waals surface area (Å²) in [5, 5.41) is 3.64. The molecule has 144 valence electrons. The van der Waals surface area contributed by atoms with Gasteiger partial charge in [0.25, 0.3) is 5.91 Å². The Bertz CT molecular complexity index is 1010. The van der Waals surface area contributed by atoms with E-state index in [0.29, 0.717) is 31.9 Å². The van der Waals surface area contributed by atoms with Gasteiger partial charge < -0.3 is 14.3 Å². The summed E-state index contributed by atoms with van der Waals surface area (Å²) in [6, 6.07) is 9.75. The largest absolute Gasteiger partial charge is 0.366 e. The van der Waals surface area contributed by atoms with Crippen LogP contribution in [0.25, 0.3) is 11.3 Å². The molecular formula is C20H16F3N3O2. The molecule has 0 bridgehead atoms. The van der Waals surface area contributed by atoms with E-state index in [1.807, 2.05) is 4.90 Å². The predicted molar refractivity (Wildman–Crippen MR) is 96.4 cm³/mol. The fraction of sp³-hybridized carbons (Fsp3) is 0.200. The highest BCUT2D eigenvalue weighted by Gasteiger charge is 2.27. The second-order valence-electron chi connectivity index (χ2n) is 6.43. The molecule has 1 aliphatic heterocycles. The molecule has 0 unspecified atom stereocenters. The van der Waals surface area contributed by atoms with Crippen molar-refractivity contribution < 1.29 is 22.5 Å². The Morgan fingerprint density at radius 3 is 2.39 bits per heavy atom. The minimum absolute atomic E-state index is 0.0837. The molecule has 0 atom stereocenters. The topological polar surface area (TPSA) is 49.6 Å². The number of carbonyl (C=O) groups excluding carboxylic acids is 1. The molecule has 0 radical (unpaired) electrons. The average Bonchev–Trinajstić information content (AvgIpc) is 3.20. The van der Waals surface area contributed by atoms with Crippen LogP contribution in [0.15, 0.2) is 53.2 Å². The lowest BCUT2D eigenvalue weighted by molar-refractivity contribution is 0.0747. The highest BCUT2D eigenvalue weighted by molar-refractivity contribution is 5.99. The first-order valence-electron chi connectivity index (χ1n) is 8.73. The summed E-state index contributed by atoms with van der Waals surface area (Å²) < 4.78 is 45.8. The number of amides is 1. The highest BCUT2D eigenvalue weighted by atomic mass is 19.2. The molecule has 1 aliphatic rings. The summed E-state index contributed by atoms with van der Waals surface area (Å²) in [4.78, 5) is 16.4. The van der Waals surface area contributed by atoms with Gasteiger partial charge in [0.1, 0.15) is 11.4 Å². The minimum atomic E-state index is -1.04. The first-order valence-corrected chi connectivity index (χ1v) is 8.73. The van der Waals surface area contributed by atoms with E-state index in [9.17, 15) is 18.0 Å². The summed E-state index contributed by atoms with van der Waals surface area (Å²) in [7, 11) is 0. The zero-order valence-corrected chi connectivity index (χ0v) is 14.7. The van der Waals surface area contributed by atoms with Crippen LogP contribution in [0.5, 0.6) is 0 Å². The van der Waals surface area contributed by atoms with Gasteiger partial charge in [0.15, 0.2) is 17.4 Å². The van der Waals surface area contributed by atoms with Gasteiger partial charge in [0.2, 0.25) is 0 Å². The molecule has 0 aliphatic carbocycles. The third-order valence-electron chi connectivity index (χ3n) is 4.74. The van der Waals surface area contributed by atoms with Gasteiger partial charge in [-0.1, -0.05) is 17.3 Å². The van der Waals surface area contributed by atoms with Crippen molar-refractivity contribution in [1.29, 1.82) is 0 Å². The van der Waals surface area contributed by atoms with Crippen LogP contribution in [0.4, 0.5) is 18.9 Å². The minimum Gasteiger partial charge on any atom is -0.366 e. The standard InChI is InChI=1S/C20H16F3N3O2/c21-15-6-5-13(11-17(15)23)19-14(12-24-28-19)20(27)26-9-7-25(8-10-26)18-4-2-1-3-16(18)22/h1-6,11-12H,7-10H2. The lowest BCUT2D eigenvalue weighted by atomic mass is 10.1. The lowest BCUT2D eigenvalue weighted by Crippen LogP contribution is -2.49. The molecule has 1 aromatic heterocycles. The van der Waals surface area contributed by atoms with E-state index in [0.717, 1.165) is 12.1 Å². The zero-order valence-electron chi connectivity index (χ0n) is 14.7. The van der Waals surface area contributed by atoms with E-state index in [4.69, 9.17) is 4.52 Å². The molecule has 4 rings (SSSR count). The van der Waals surface area contributed by atoms with Gasteiger partial charge in [0, 0.05) is 31.7 Å². The van der Waals surface area contributed by atoms with Crippen LogP contribution in [0, 0.1) is 17.5 Å². The van der Waals surface area contributed by atoms with Gasteiger partial charge in [-0.25, -0.2) is 13.2 Å². The van der Waals surface area contributed by atoms with Crippen molar-refractivity contribution in [2.45, 2.75) is 0 Å². The Kier molecular flexibility index (Phi) is 4.77. The van der Waals surface area contributed by atoms with Crippen LogP contribution < -0.4 is 4.90 Å². The second kappa shape index (κ2) is 7.38. The number of hydrogen-bond acceptors (Lipinski definition) is 4. The normalized spacial score (nSPS) is 14.4. The first kappa shape index (κ1) is 18.1. The molecule has 0 N–H and O–H groups in total. The van der Waals surface area contributed by atoms with Gasteiger partial charge in [-0.15, -0.1) is 0 Å². The van der Waals surface area contributed by atoms with Crippen LogP contribution in [0.3, 0.4) is 0 Å². The van der Waals surface area contributed by atoms with Gasteiger partial charge in [-0.2, -0.15) is 0 Å². The van der Waals surface area contributed by atoms with Crippen LogP contribution >= 0.6 is 0 Å². The molecule has 8 heteroatoms. The summed E-state index contributed by atoms with van der Waals surface area (Å²) in [6.07, 6.45) is 1.27. The van der Waals surface area contributed by atoms with E-state index in [1.54, 1.807) is 23.1 Å². The maximum absolute atomic E-state index is 14.0. The van der Waals surface area contributed by atoms with E-state index in [1.165, 1.54) is 18.3 Å². The molecular weight excluding hydrogens is 371 g/mol. The molecule has 28 heavy (non-hydrogen) atoms. The van der Waals surface area contributed by atoms with Crippen molar-refractivity contribution in [3.63, 3.8) is 0 Å². The quantitative estimate of drug-likeness (QED) is 0.687. The summed E-state index contributed by atoms with van der Waals surface area (Å²) in [5.41, 5.74) is 0.900. The molecule has 1 fully saturated rings. The van der Waals surface area contributed by atoms with Gasteiger partial charge >= 0.3 is 0 Å². The number of nitrogens with zero attached hydrogens (tertiary/aromatic N) is 3. The average molecular weight is 387 g/mol. The van der Waals surface area contributed by atoms with Gasteiger partial charge in [-0.3, -0.25) is 4.79 Å². The maximum Gasteiger partial charge on any atom is 0.259 e. The predicted octanol–water partition coefficient (Wildman–Crippen LogP) is 3.72. The number of piperazine rings is 1. The fourth-order valence-corrected chi connectivity index (χ4v) is 3.27. The summed E-state index contributed by atoms with van der Waals surface area (Å²) >= 11 is 0. The van der Waals surface area contributed by atoms with E-state index < -0.39 is 11.6 Å². The SMILES string of the molecule is O=C(c1cnoc1-c1ccc(F)c(F)c1)N1CCN(c2ccccc2F)CC1. The maximum atomic E-state index is 14.0. The van der Waals surface area contributed by atoms with Gasteiger partial charge in [0.05, 0.1) is 11.9 Å². The Morgan fingerprint density at radius 2 is 1.68 bits per heavy atom. The molecule has 0 saturated carbocycles. The Hall–Kier alpha value is -3.29. The van der Waals surface area contributed by atoms with E-state index in [-0.39, 0.29) is 28.6 Å². The van der Waals surface area contributed by atoms with E-state index in [2.05, 4.69) is 5.16 Å². The molecule has 2 heterocycles. The van der Waals surface area contributed by atoms with Crippen molar-refractivity contribution in [3.05, 3.63) is 71.7 Å². The van der Waals surface area contributed by atoms with Crippen molar-refractivity contribution in [3.8, 4) is 11.3 Å². The summed E-state index contributed by atoms with van der Waals surface area (Å²) in [5.74, 6) is -2.57. The molecule has 3 aromatic rings. The van der Waals surface area contributed by atoms with E-state index >= 15 is 0 Å². The van der Waals surface area contributed by atoms with Crippen LogP contribution in [0.2, 0.25) is 0 Å². The van der Waals surface area contributed by atoms with Crippen LogP contribution in [-0.4, -0.2) is 42.1 Å². The zero-order chi connectivity index (χ0) is 19.7. The number of aromatic nitrogens is 1. The van der Waals surface area contributed by atoms with Gasteiger partial charge in [-0.05, 0) is 30.3 Å². The van der Waals surface area contributed by atoms with Crippen LogP contribution in [-0.2, 0) is 0 Å². The smallest absolute Gasteiger partial charge is 0.259 e. The number of rotatable bonds is 3. The number of anilines is 1. The third-order valence-corrected chi connectivity index (χ3v) is 4.74. The number of para-hydroxylation sites is 1. The fourth-order valence-electron chi connectivity index (χ4n) is 3.27. The molecule has 0 spiro atoms. The summed E-state index contributed by atoms with van der Waals surface area (Å²) in [6.45, 7) is 1.71. The van der Waals surface area contributed by atoms with Crippen LogP contribution in [0.1, 0.15) is 10.4 Å². The molecule has 1 amide bonds. The number of benzene rings is 2. The first-order chi connectivity index (χ1) is 13.5. The molecule has 5 nitrogen and oxygen atoms in total. The Balaban J connectivity index is 1.50. The highest BCUT2D eigenvalue weighted by Crippen LogP contribution is 2.27. The van der Waals surface area contributed by atoms with Crippen molar-refractivity contribution in [2.24, 2.45) is 0 Å². The van der Waals surface area contributed by atoms with Crippen molar-refractivity contribution >= 4 is 11.6 Å². The van der Waals surface area contributed by atoms with Crippen molar-refractivity contribution in [2.75, 3.05) is 31.1 Å². The Labute approximate surface area is 159 Å². The third kappa shape index (κ3) is 3.33. The second-order valence-corrected chi connectivity index (χ2v) is 6.43. The number of halogens is 3. The lowest BCUT2D eigenvalue weighted by Gasteiger charge is -2.36. The number of hydrogen-bond donors (Lipinski definition) is 0. The van der Waals surface area contributed by atoms with Crippen molar-refractivity contribution in [1.82, 2.24) is 10.1 Å². The Morgan fingerprint density at radius 1 is 0.929 bits per heavy atom. The monoisotopic (exact) mass is 387 g/mol. The molecule has 1 saturated heterocycles. The number of carbonyl (C=O) groups is 1.